The van der Waals surface area contributed by atoms with Crippen molar-refractivity contribution in [2.45, 2.75) is 89.7 Å². The molecule has 0 spiro atoms. The Morgan fingerprint density at radius 1 is 1.10 bits per heavy atom. The van der Waals surface area contributed by atoms with Crippen LogP contribution in [-0.4, -0.2) is 48.5 Å². The van der Waals surface area contributed by atoms with Gasteiger partial charge in [-0.1, -0.05) is 52.4 Å². The third-order valence-corrected chi connectivity index (χ3v) is 5.07. The van der Waals surface area contributed by atoms with Crippen LogP contribution in [0.25, 0.3) is 0 Å². The molecule has 1 saturated heterocycles. The fraction of sp³-hybridized carbons (Fsp3) is 1.00. The highest BCUT2D eigenvalue weighted by Crippen LogP contribution is 2.28. The number of aliphatic hydroxyl groups is 1. The molecule has 1 aliphatic heterocycles. The number of likely N-dealkylation sites (tertiary alicyclic amines) is 1. The van der Waals surface area contributed by atoms with Gasteiger partial charge in [-0.2, -0.15) is 0 Å². The molecule has 126 valence electrons. The molecule has 1 N–H and O–H groups in total. The van der Waals surface area contributed by atoms with Crippen LogP contribution in [0.3, 0.4) is 0 Å². The molecule has 0 aromatic heterocycles. The van der Waals surface area contributed by atoms with Crippen LogP contribution in [0.5, 0.6) is 0 Å². The van der Waals surface area contributed by atoms with Crippen LogP contribution in [0.2, 0.25) is 0 Å². The first-order chi connectivity index (χ1) is 10.2. The van der Waals surface area contributed by atoms with Gasteiger partial charge < -0.3 is 9.84 Å². The second-order valence-electron chi connectivity index (χ2n) is 6.83. The summed E-state index contributed by atoms with van der Waals surface area (Å²) < 4.78 is 6.24. The molecule has 1 aliphatic rings. The molecule has 0 radical (unpaired) electrons. The maximum absolute atomic E-state index is 9.78. The fourth-order valence-corrected chi connectivity index (χ4v) is 3.38. The van der Waals surface area contributed by atoms with Gasteiger partial charge in [0.25, 0.3) is 0 Å². The lowest BCUT2D eigenvalue weighted by Gasteiger charge is -2.35. The van der Waals surface area contributed by atoms with Crippen molar-refractivity contribution in [3.8, 4) is 0 Å². The predicted molar refractivity (Wildman–Crippen MR) is 89.7 cm³/mol. The van der Waals surface area contributed by atoms with Crippen LogP contribution in [0.4, 0.5) is 0 Å². The third kappa shape index (κ3) is 6.25. The van der Waals surface area contributed by atoms with Crippen molar-refractivity contribution in [3.05, 3.63) is 0 Å². The Labute approximate surface area is 132 Å². The number of aliphatic hydroxyl groups excluding tert-OH is 1. The summed E-state index contributed by atoms with van der Waals surface area (Å²) in [6.45, 7) is 6.49. The van der Waals surface area contributed by atoms with E-state index in [1.54, 1.807) is 0 Å². The molecule has 21 heavy (non-hydrogen) atoms. The molecule has 0 aliphatic carbocycles. The van der Waals surface area contributed by atoms with E-state index < -0.39 is 0 Å². The lowest BCUT2D eigenvalue weighted by Crippen LogP contribution is -2.49. The Kier molecular flexibility index (Phi) is 9.54. The van der Waals surface area contributed by atoms with Gasteiger partial charge in [-0.05, 0) is 39.3 Å². The first-order valence-electron chi connectivity index (χ1n) is 9.12. The molecule has 1 rings (SSSR count). The summed E-state index contributed by atoms with van der Waals surface area (Å²) in [5.41, 5.74) is -0.117. The standard InChI is InChI=1S/C18H37NO2/c1-4-6-7-8-9-12-17(11-5-2)21-16-18(15-20)13-10-14-19(18)3/h17,20H,4-16H2,1-3H3. The van der Waals surface area contributed by atoms with Crippen LogP contribution in [0, 0.1) is 0 Å². The molecule has 2 atom stereocenters. The fourth-order valence-electron chi connectivity index (χ4n) is 3.38. The lowest BCUT2D eigenvalue weighted by atomic mass is 9.98. The summed E-state index contributed by atoms with van der Waals surface area (Å²) in [6.07, 6.45) is 12.8. The van der Waals surface area contributed by atoms with E-state index in [2.05, 4.69) is 25.8 Å². The molecule has 1 heterocycles. The minimum Gasteiger partial charge on any atom is -0.394 e. The van der Waals surface area contributed by atoms with Gasteiger partial charge in [-0.3, -0.25) is 4.90 Å². The van der Waals surface area contributed by atoms with Gasteiger partial charge in [-0.15, -0.1) is 0 Å². The molecule has 0 aromatic carbocycles. The minimum atomic E-state index is -0.117. The molecular weight excluding hydrogens is 262 g/mol. The maximum atomic E-state index is 9.78. The maximum Gasteiger partial charge on any atom is 0.0676 e. The summed E-state index contributed by atoms with van der Waals surface area (Å²) in [5, 5.41) is 9.78. The van der Waals surface area contributed by atoms with E-state index >= 15 is 0 Å². The van der Waals surface area contributed by atoms with Crippen molar-refractivity contribution in [3.63, 3.8) is 0 Å². The van der Waals surface area contributed by atoms with Gasteiger partial charge in [0.15, 0.2) is 0 Å². The van der Waals surface area contributed by atoms with E-state index in [-0.39, 0.29) is 12.1 Å². The van der Waals surface area contributed by atoms with Gasteiger partial charge in [0, 0.05) is 0 Å². The Hall–Kier alpha value is -0.120. The van der Waals surface area contributed by atoms with Gasteiger partial charge in [0.05, 0.1) is 24.9 Å². The van der Waals surface area contributed by atoms with Gasteiger partial charge in [0.1, 0.15) is 0 Å². The van der Waals surface area contributed by atoms with E-state index in [4.69, 9.17) is 4.74 Å². The SMILES string of the molecule is CCCCCCCC(CCC)OCC1(CO)CCCN1C. The molecule has 0 aromatic rings. The summed E-state index contributed by atoms with van der Waals surface area (Å²) in [7, 11) is 2.12. The number of rotatable bonds is 12. The van der Waals surface area contributed by atoms with Crippen molar-refractivity contribution in [1.82, 2.24) is 4.90 Å². The van der Waals surface area contributed by atoms with Crippen molar-refractivity contribution in [2.24, 2.45) is 0 Å². The first-order valence-corrected chi connectivity index (χ1v) is 9.12. The van der Waals surface area contributed by atoms with Crippen LogP contribution in [0.1, 0.15) is 78.1 Å². The van der Waals surface area contributed by atoms with E-state index in [9.17, 15) is 5.11 Å². The number of ether oxygens (including phenoxy) is 1. The molecule has 0 bridgehead atoms. The normalized spacial score (nSPS) is 24.6. The number of nitrogens with zero attached hydrogens (tertiary/aromatic N) is 1. The highest BCUT2D eigenvalue weighted by Gasteiger charge is 2.38. The number of hydrogen-bond donors (Lipinski definition) is 1. The average Bonchev–Trinajstić information content (AvgIpc) is 2.86. The minimum absolute atomic E-state index is 0.117. The average molecular weight is 299 g/mol. The molecule has 3 nitrogen and oxygen atoms in total. The van der Waals surface area contributed by atoms with Crippen LogP contribution < -0.4 is 0 Å². The zero-order valence-electron chi connectivity index (χ0n) is 14.6. The molecule has 2 unspecified atom stereocenters. The van der Waals surface area contributed by atoms with Crippen molar-refractivity contribution < 1.29 is 9.84 Å². The first kappa shape index (κ1) is 18.9. The van der Waals surface area contributed by atoms with Crippen LogP contribution in [-0.2, 0) is 4.74 Å². The Morgan fingerprint density at radius 3 is 2.43 bits per heavy atom. The number of likely N-dealkylation sites (N-methyl/N-ethyl adjacent to an activating group) is 1. The zero-order valence-corrected chi connectivity index (χ0v) is 14.6. The quantitative estimate of drug-likeness (QED) is 0.553. The highest BCUT2D eigenvalue weighted by atomic mass is 16.5. The third-order valence-electron chi connectivity index (χ3n) is 5.07. The van der Waals surface area contributed by atoms with Crippen molar-refractivity contribution in [2.75, 3.05) is 26.8 Å². The number of hydrogen-bond acceptors (Lipinski definition) is 3. The van der Waals surface area contributed by atoms with Crippen molar-refractivity contribution >= 4 is 0 Å². The Balaban J connectivity index is 2.32. The molecular formula is C18H37NO2. The topological polar surface area (TPSA) is 32.7 Å². The number of unbranched alkanes of at least 4 members (excludes halogenated alkanes) is 4. The summed E-state index contributed by atoms with van der Waals surface area (Å²) in [6, 6.07) is 0. The Morgan fingerprint density at radius 2 is 1.86 bits per heavy atom. The highest BCUT2D eigenvalue weighted by molar-refractivity contribution is 4.94. The van der Waals surface area contributed by atoms with E-state index in [1.807, 2.05) is 0 Å². The van der Waals surface area contributed by atoms with Gasteiger partial charge >= 0.3 is 0 Å². The summed E-state index contributed by atoms with van der Waals surface area (Å²) >= 11 is 0. The molecule has 3 heteroatoms. The molecule has 0 amide bonds. The van der Waals surface area contributed by atoms with E-state index in [0.29, 0.717) is 12.7 Å². The lowest BCUT2D eigenvalue weighted by molar-refractivity contribution is -0.0465. The molecule has 0 saturated carbocycles. The largest absolute Gasteiger partial charge is 0.394 e. The van der Waals surface area contributed by atoms with E-state index in [1.165, 1.54) is 51.4 Å². The second-order valence-corrected chi connectivity index (χ2v) is 6.83. The van der Waals surface area contributed by atoms with Crippen LogP contribution in [0.15, 0.2) is 0 Å². The van der Waals surface area contributed by atoms with Crippen LogP contribution >= 0.6 is 0 Å². The van der Waals surface area contributed by atoms with Gasteiger partial charge in [0.2, 0.25) is 0 Å². The summed E-state index contributed by atoms with van der Waals surface area (Å²) in [4.78, 5) is 2.29. The molecule has 1 fully saturated rings. The van der Waals surface area contributed by atoms with Crippen molar-refractivity contribution in [1.29, 1.82) is 0 Å². The monoisotopic (exact) mass is 299 g/mol. The smallest absolute Gasteiger partial charge is 0.0676 e. The zero-order chi connectivity index (χ0) is 15.6. The van der Waals surface area contributed by atoms with Gasteiger partial charge in [-0.25, -0.2) is 0 Å². The predicted octanol–water partition coefficient (Wildman–Crippen LogP) is 3.99. The summed E-state index contributed by atoms with van der Waals surface area (Å²) in [5.74, 6) is 0. The second kappa shape index (κ2) is 10.6. The Bertz CT molecular complexity index is 260. The van der Waals surface area contributed by atoms with E-state index in [0.717, 1.165) is 19.4 Å².